The first-order chi connectivity index (χ1) is 20.1. The molecule has 0 spiro atoms. The number of primary sulfonamides is 1. The van der Waals surface area contributed by atoms with E-state index < -0.39 is 27.8 Å². The standard InChI is InChI=1S/C28H27N7O6S/c1-3-11-41-27(38)20-7-8-21-19(16(20)2)9-10-22(21)33-26(37)24-13-23(34-28-31-15-32-35(24)28)25(36)30-14-17-5-4-6-18(12-17)42(29,39)40/h3-8,12-13,15,22H,1,9-11,14H2,2H3,(H,30,36)(H,33,37)(H2,29,39,40)/t22-/m0/s1. The number of nitrogens with two attached hydrogens (primary N) is 1. The SMILES string of the molecule is C=CCOC(=O)c1ccc2c(c1C)CC[C@@H]2NC(=O)c1cc(C(=O)NCc2cccc(S(N)(=O)=O)c2)nc2ncnn12. The fourth-order valence-corrected chi connectivity index (χ4v) is 5.48. The summed E-state index contributed by atoms with van der Waals surface area (Å²) in [4.78, 5) is 47.0. The van der Waals surface area contributed by atoms with Crippen molar-refractivity contribution >= 4 is 33.6 Å². The molecule has 0 fully saturated rings. The first-order valence-electron chi connectivity index (χ1n) is 12.9. The highest BCUT2D eigenvalue weighted by Crippen LogP contribution is 2.35. The number of fused-ring (bicyclic) bond motifs is 2. The van der Waals surface area contributed by atoms with Crippen molar-refractivity contribution in [2.24, 2.45) is 5.14 Å². The van der Waals surface area contributed by atoms with Crippen molar-refractivity contribution in [2.45, 2.75) is 37.2 Å². The van der Waals surface area contributed by atoms with Gasteiger partial charge in [0.1, 0.15) is 24.3 Å². The summed E-state index contributed by atoms with van der Waals surface area (Å²) in [6.07, 6.45) is 4.00. The van der Waals surface area contributed by atoms with E-state index in [4.69, 9.17) is 9.88 Å². The number of sulfonamides is 1. The second kappa shape index (κ2) is 11.5. The zero-order chi connectivity index (χ0) is 30.0. The lowest BCUT2D eigenvalue weighted by molar-refractivity contribution is 0.0548. The minimum atomic E-state index is -3.90. The van der Waals surface area contributed by atoms with Crippen LogP contribution in [0.4, 0.5) is 0 Å². The lowest BCUT2D eigenvalue weighted by atomic mass is 9.98. The van der Waals surface area contributed by atoms with Crippen LogP contribution in [0.1, 0.15) is 66.1 Å². The first-order valence-corrected chi connectivity index (χ1v) is 14.4. The molecule has 4 N–H and O–H groups in total. The Bertz CT molecular complexity index is 1850. The van der Waals surface area contributed by atoms with Crippen molar-refractivity contribution in [3.8, 4) is 0 Å². The molecule has 42 heavy (non-hydrogen) atoms. The Morgan fingerprint density at radius 3 is 2.76 bits per heavy atom. The lowest BCUT2D eigenvalue weighted by Gasteiger charge is -2.16. The lowest BCUT2D eigenvalue weighted by Crippen LogP contribution is -2.30. The van der Waals surface area contributed by atoms with E-state index >= 15 is 0 Å². The number of ether oxygens (including phenoxy) is 1. The highest BCUT2D eigenvalue weighted by Gasteiger charge is 2.29. The van der Waals surface area contributed by atoms with Gasteiger partial charge < -0.3 is 15.4 Å². The Balaban J connectivity index is 1.34. The maximum Gasteiger partial charge on any atom is 0.338 e. The second-order valence-electron chi connectivity index (χ2n) is 9.63. The number of hydrogen-bond donors (Lipinski definition) is 3. The van der Waals surface area contributed by atoms with Gasteiger partial charge in [0.15, 0.2) is 0 Å². The fourth-order valence-electron chi connectivity index (χ4n) is 4.89. The number of carbonyl (C=O) groups excluding carboxylic acids is 3. The van der Waals surface area contributed by atoms with Crippen molar-refractivity contribution in [2.75, 3.05) is 6.61 Å². The molecule has 2 amide bonds. The number of rotatable bonds is 9. The van der Waals surface area contributed by atoms with Gasteiger partial charge in [-0.1, -0.05) is 30.9 Å². The van der Waals surface area contributed by atoms with E-state index in [1.165, 1.54) is 41.2 Å². The Morgan fingerprint density at radius 1 is 1.19 bits per heavy atom. The van der Waals surface area contributed by atoms with Crippen LogP contribution < -0.4 is 15.8 Å². The minimum absolute atomic E-state index is 0.00932. The third kappa shape index (κ3) is 5.75. The van der Waals surface area contributed by atoms with E-state index in [2.05, 4.69) is 32.3 Å². The largest absolute Gasteiger partial charge is 0.458 e. The van der Waals surface area contributed by atoms with Gasteiger partial charge in [0.05, 0.1) is 16.5 Å². The van der Waals surface area contributed by atoms with Crippen molar-refractivity contribution < 1.29 is 27.5 Å². The molecule has 0 saturated heterocycles. The van der Waals surface area contributed by atoms with E-state index in [9.17, 15) is 22.8 Å². The van der Waals surface area contributed by atoms with Crippen LogP contribution in [0.2, 0.25) is 0 Å². The first kappa shape index (κ1) is 28.6. The van der Waals surface area contributed by atoms with Crippen molar-refractivity contribution in [3.63, 3.8) is 0 Å². The Hall–Kier alpha value is -4.95. The number of benzene rings is 2. The summed E-state index contributed by atoms with van der Waals surface area (Å²) in [7, 11) is -3.90. The van der Waals surface area contributed by atoms with Crippen LogP contribution in [0.5, 0.6) is 0 Å². The Kier molecular flexibility index (Phi) is 7.83. The van der Waals surface area contributed by atoms with Gasteiger partial charge in [-0.2, -0.15) is 14.6 Å². The summed E-state index contributed by atoms with van der Waals surface area (Å²) in [6, 6.07) is 10.3. The summed E-state index contributed by atoms with van der Waals surface area (Å²) in [5.74, 6) is -1.48. The third-order valence-electron chi connectivity index (χ3n) is 6.95. The van der Waals surface area contributed by atoms with Crippen LogP contribution >= 0.6 is 0 Å². The number of hydrogen-bond acceptors (Lipinski definition) is 9. The molecule has 2 aromatic heterocycles. The summed E-state index contributed by atoms with van der Waals surface area (Å²) in [5.41, 5.74) is 3.61. The molecule has 13 nitrogen and oxygen atoms in total. The van der Waals surface area contributed by atoms with Gasteiger partial charge in [-0.3, -0.25) is 9.59 Å². The zero-order valence-electron chi connectivity index (χ0n) is 22.5. The number of nitrogens with one attached hydrogen (secondary N) is 2. The molecule has 0 saturated carbocycles. The molecule has 5 rings (SSSR count). The average molecular weight is 590 g/mol. The monoisotopic (exact) mass is 589 g/mol. The molecule has 1 aliphatic rings. The molecule has 1 atom stereocenters. The van der Waals surface area contributed by atoms with Crippen molar-refractivity contribution in [1.82, 2.24) is 30.2 Å². The van der Waals surface area contributed by atoms with Crippen molar-refractivity contribution in [3.05, 3.63) is 101 Å². The number of amides is 2. The summed E-state index contributed by atoms with van der Waals surface area (Å²) in [6.45, 7) is 5.51. The molecular weight excluding hydrogens is 562 g/mol. The molecule has 2 heterocycles. The van der Waals surface area contributed by atoms with Crippen LogP contribution in [0.15, 0.2) is 66.3 Å². The zero-order valence-corrected chi connectivity index (χ0v) is 23.3. The number of nitrogens with zero attached hydrogens (tertiary/aromatic N) is 4. The van der Waals surface area contributed by atoms with E-state index in [0.717, 1.165) is 16.7 Å². The smallest absolute Gasteiger partial charge is 0.338 e. The molecule has 0 unspecified atom stereocenters. The molecule has 14 heteroatoms. The molecule has 2 aromatic carbocycles. The predicted molar refractivity (Wildman–Crippen MR) is 150 cm³/mol. The molecule has 0 aliphatic heterocycles. The maximum atomic E-state index is 13.5. The summed E-state index contributed by atoms with van der Waals surface area (Å²) < 4.78 is 29.7. The average Bonchev–Trinajstić information content (AvgIpc) is 3.61. The van der Waals surface area contributed by atoms with Crippen molar-refractivity contribution in [1.29, 1.82) is 0 Å². The van der Waals surface area contributed by atoms with E-state index in [1.807, 2.05) is 13.0 Å². The quantitative estimate of drug-likeness (QED) is 0.193. The molecular formula is C28H27N7O6S. The minimum Gasteiger partial charge on any atom is -0.458 e. The molecule has 1 aliphatic carbocycles. The van der Waals surface area contributed by atoms with E-state index in [1.54, 1.807) is 12.1 Å². The van der Waals surface area contributed by atoms with Gasteiger partial charge in [0, 0.05) is 12.6 Å². The molecule has 0 bridgehead atoms. The van der Waals surface area contributed by atoms with Gasteiger partial charge in [-0.25, -0.2) is 23.3 Å². The van der Waals surface area contributed by atoms with E-state index in [-0.39, 0.29) is 41.3 Å². The predicted octanol–water partition coefficient (Wildman–Crippen LogP) is 1.77. The summed E-state index contributed by atoms with van der Waals surface area (Å²) in [5, 5.41) is 14.9. The summed E-state index contributed by atoms with van der Waals surface area (Å²) >= 11 is 0. The van der Waals surface area contributed by atoms with Gasteiger partial charge in [-0.05, 0) is 60.2 Å². The number of esters is 1. The normalized spacial score (nSPS) is 14.3. The number of carbonyl (C=O) groups is 3. The van der Waals surface area contributed by atoms with Crippen LogP contribution in [-0.4, -0.2) is 52.4 Å². The highest BCUT2D eigenvalue weighted by molar-refractivity contribution is 7.89. The van der Waals surface area contributed by atoms with Crippen LogP contribution in [0, 0.1) is 6.92 Å². The van der Waals surface area contributed by atoms with Crippen LogP contribution in [-0.2, 0) is 27.7 Å². The van der Waals surface area contributed by atoms with Gasteiger partial charge in [0.2, 0.25) is 10.0 Å². The molecule has 4 aromatic rings. The Morgan fingerprint density at radius 2 is 2.00 bits per heavy atom. The van der Waals surface area contributed by atoms with Gasteiger partial charge in [-0.15, -0.1) is 0 Å². The molecule has 216 valence electrons. The fraction of sp³-hybridized carbons (Fsp3) is 0.214. The molecule has 0 radical (unpaired) electrons. The van der Waals surface area contributed by atoms with E-state index in [0.29, 0.717) is 24.0 Å². The van der Waals surface area contributed by atoms with Gasteiger partial charge in [0.25, 0.3) is 17.6 Å². The topological polar surface area (TPSA) is 188 Å². The maximum absolute atomic E-state index is 13.5. The highest BCUT2D eigenvalue weighted by atomic mass is 32.2. The number of aromatic nitrogens is 4. The van der Waals surface area contributed by atoms with Crippen LogP contribution in [0.3, 0.4) is 0 Å². The second-order valence-corrected chi connectivity index (χ2v) is 11.2. The Labute approximate surface area is 240 Å². The van der Waals surface area contributed by atoms with Gasteiger partial charge >= 0.3 is 5.97 Å². The van der Waals surface area contributed by atoms with Crippen LogP contribution in [0.25, 0.3) is 5.78 Å². The third-order valence-corrected chi connectivity index (χ3v) is 7.86.